The van der Waals surface area contributed by atoms with Crippen LogP contribution in [0.15, 0.2) is 24.5 Å². The molecule has 0 aromatic carbocycles. The van der Waals surface area contributed by atoms with E-state index in [0.29, 0.717) is 6.04 Å². The van der Waals surface area contributed by atoms with Crippen molar-refractivity contribution in [3.05, 3.63) is 35.0 Å². The Bertz CT molecular complexity index is 944. The van der Waals surface area contributed by atoms with Crippen molar-refractivity contribution in [3.63, 3.8) is 0 Å². The molecule has 4 heterocycles. The zero-order valence-corrected chi connectivity index (χ0v) is 16.6. The quantitative estimate of drug-likeness (QED) is 0.731. The maximum Gasteiger partial charge on any atom is 0.164 e. The van der Waals surface area contributed by atoms with E-state index in [1.807, 2.05) is 29.7 Å². The molecule has 0 amide bonds. The number of hydrogen-bond acceptors (Lipinski definition) is 5. The summed E-state index contributed by atoms with van der Waals surface area (Å²) in [6.45, 7) is 6.01. The number of likely N-dealkylation sites (tertiary alicyclic amines) is 1. The molecule has 0 spiro atoms. The molecule has 2 N–H and O–H groups in total. The normalized spacial score (nSPS) is 22.1. The van der Waals surface area contributed by atoms with Crippen LogP contribution in [0.25, 0.3) is 21.6 Å². The third-order valence-corrected chi connectivity index (χ3v) is 7.20. The van der Waals surface area contributed by atoms with Crippen molar-refractivity contribution in [2.75, 3.05) is 25.0 Å². The SMILES string of the molecule is CC[NH+]1CCC(Nc2nc(-c3cccnc3)nc3sc4c(c23)CCC4)CC1. The van der Waals surface area contributed by atoms with Crippen LogP contribution in [-0.2, 0) is 12.8 Å². The van der Waals surface area contributed by atoms with Crippen molar-refractivity contribution in [1.29, 1.82) is 0 Å². The zero-order chi connectivity index (χ0) is 18.2. The van der Waals surface area contributed by atoms with Crippen LogP contribution in [0.3, 0.4) is 0 Å². The lowest BCUT2D eigenvalue weighted by atomic mass is 10.0. The largest absolute Gasteiger partial charge is 0.366 e. The second kappa shape index (κ2) is 7.17. The predicted molar refractivity (Wildman–Crippen MR) is 111 cm³/mol. The van der Waals surface area contributed by atoms with Gasteiger partial charge in [0.2, 0.25) is 0 Å². The number of rotatable bonds is 4. The van der Waals surface area contributed by atoms with Crippen LogP contribution < -0.4 is 10.2 Å². The van der Waals surface area contributed by atoms with Gasteiger partial charge >= 0.3 is 0 Å². The predicted octanol–water partition coefficient (Wildman–Crippen LogP) is 2.72. The van der Waals surface area contributed by atoms with Gasteiger partial charge in [-0.15, -0.1) is 11.3 Å². The number of thiophene rings is 1. The Balaban J connectivity index is 1.54. The number of aromatic nitrogens is 3. The molecule has 0 unspecified atom stereocenters. The fraction of sp³-hybridized carbons (Fsp3) is 0.476. The van der Waals surface area contributed by atoms with Crippen LogP contribution in [0, 0.1) is 0 Å². The molecule has 0 saturated carbocycles. The summed E-state index contributed by atoms with van der Waals surface area (Å²) in [5.74, 6) is 1.83. The highest BCUT2D eigenvalue weighted by Crippen LogP contribution is 2.40. The number of aryl methyl sites for hydroxylation is 2. The third-order valence-electron chi connectivity index (χ3n) is 6.02. The molecule has 140 valence electrons. The number of pyridine rings is 1. The summed E-state index contributed by atoms with van der Waals surface area (Å²) in [5.41, 5.74) is 2.48. The topological polar surface area (TPSA) is 55.1 Å². The van der Waals surface area contributed by atoms with Crippen LogP contribution in [0.5, 0.6) is 0 Å². The first-order valence-electron chi connectivity index (χ1n) is 10.1. The molecule has 0 radical (unpaired) electrons. The fourth-order valence-corrected chi connectivity index (χ4v) is 5.70. The van der Waals surface area contributed by atoms with Gasteiger partial charge in [0.05, 0.1) is 25.0 Å². The molecular formula is C21H26N5S+. The summed E-state index contributed by atoms with van der Waals surface area (Å²) in [7, 11) is 0. The molecule has 2 aliphatic rings. The van der Waals surface area contributed by atoms with Crippen LogP contribution in [0.2, 0.25) is 0 Å². The van der Waals surface area contributed by atoms with Gasteiger partial charge in [-0.05, 0) is 43.9 Å². The lowest BCUT2D eigenvalue weighted by Gasteiger charge is -2.29. The minimum atomic E-state index is 0.511. The van der Waals surface area contributed by atoms with E-state index in [1.165, 1.54) is 61.1 Å². The molecule has 1 aliphatic carbocycles. The summed E-state index contributed by atoms with van der Waals surface area (Å²) in [6, 6.07) is 4.51. The molecular weight excluding hydrogens is 354 g/mol. The Kier molecular flexibility index (Phi) is 4.53. The van der Waals surface area contributed by atoms with Crippen molar-refractivity contribution in [3.8, 4) is 11.4 Å². The molecule has 1 fully saturated rings. The molecule has 5 rings (SSSR count). The second-order valence-corrected chi connectivity index (χ2v) is 8.78. The monoisotopic (exact) mass is 380 g/mol. The van der Waals surface area contributed by atoms with Crippen LogP contribution in [0.1, 0.15) is 36.6 Å². The fourth-order valence-electron chi connectivity index (χ4n) is 4.44. The van der Waals surface area contributed by atoms with Gasteiger partial charge in [0.15, 0.2) is 5.82 Å². The van der Waals surface area contributed by atoms with Gasteiger partial charge in [-0.2, -0.15) is 0 Å². The van der Waals surface area contributed by atoms with E-state index >= 15 is 0 Å². The van der Waals surface area contributed by atoms with Crippen LogP contribution in [-0.4, -0.2) is 40.6 Å². The van der Waals surface area contributed by atoms with Gasteiger partial charge in [-0.25, -0.2) is 9.97 Å². The van der Waals surface area contributed by atoms with Gasteiger partial charge in [-0.1, -0.05) is 0 Å². The molecule has 3 aromatic rings. The molecule has 5 nitrogen and oxygen atoms in total. The number of nitrogens with one attached hydrogen (secondary N) is 2. The Morgan fingerprint density at radius 2 is 2.11 bits per heavy atom. The van der Waals surface area contributed by atoms with E-state index in [4.69, 9.17) is 9.97 Å². The minimum Gasteiger partial charge on any atom is -0.366 e. The highest BCUT2D eigenvalue weighted by molar-refractivity contribution is 7.19. The molecule has 1 aliphatic heterocycles. The Labute approximate surface area is 163 Å². The van der Waals surface area contributed by atoms with E-state index in [1.54, 1.807) is 11.1 Å². The number of anilines is 1. The highest BCUT2D eigenvalue weighted by atomic mass is 32.1. The lowest BCUT2D eigenvalue weighted by Crippen LogP contribution is -3.13. The first-order chi connectivity index (χ1) is 13.3. The van der Waals surface area contributed by atoms with Gasteiger partial charge < -0.3 is 10.2 Å². The van der Waals surface area contributed by atoms with E-state index in [-0.39, 0.29) is 0 Å². The number of piperidine rings is 1. The molecule has 1 saturated heterocycles. The Hall–Kier alpha value is -2.05. The van der Waals surface area contributed by atoms with Crippen LogP contribution in [0.4, 0.5) is 5.82 Å². The molecule has 0 atom stereocenters. The summed E-state index contributed by atoms with van der Waals surface area (Å²) >= 11 is 1.86. The summed E-state index contributed by atoms with van der Waals surface area (Å²) in [6.07, 6.45) is 9.69. The molecule has 6 heteroatoms. The number of hydrogen-bond donors (Lipinski definition) is 2. The van der Waals surface area contributed by atoms with Crippen molar-refractivity contribution >= 4 is 27.4 Å². The molecule has 3 aromatic heterocycles. The highest BCUT2D eigenvalue weighted by Gasteiger charge is 2.26. The van der Waals surface area contributed by atoms with Crippen LogP contribution >= 0.6 is 11.3 Å². The number of quaternary nitrogens is 1. The average Bonchev–Trinajstić information content (AvgIpc) is 3.30. The van der Waals surface area contributed by atoms with Gasteiger partial charge in [-0.3, -0.25) is 4.98 Å². The van der Waals surface area contributed by atoms with Gasteiger partial charge in [0, 0.05) is 41.7 Å². The van der Waals surface area contributed by atoms with Crippen molar-refractivity contribution in [2.45, 2.75) is 45.1 Å². The number of nitrogens with zero attached hydrogens (tertiary/aromatic N) is 3. The lowest BCUT2D eigenvalue weighted by molar-refractivity contribution is -0.903. The van der Waals surface area contributed by atoms with Crippen molar-refractivity contribution in [2.24, 2.45) is 0 Å². The maximum atomic E-state index is 4.99. The first kappa shape index (κ1) is 17.1. The third kappa shape index (κ3) is 3.21. The minimum absolute atomic E-state index is 0.511. The van der Waals surface area contributed by atoms with E-state index < -0.39 is 0 Å². The first-order valence-corrected chi connectivity index (χ1v) is 11.0. The average molecular weight is 381 g/mol. The van der Waals surface area contributed by atoms with Crippen molar-refractivity contribution < 1.29 is 4.90 Å². The van der Waals surface area contributed by atoms with E-state index in [9.17, 15) is 0 Å². The number of fused-ring (bicyclic) bond motifs is 3. The summed E-state index contributed by atoms with van der Waals surface area (Å²) in [4.78, 5) is 18.5. The standard InChI is InChI=1S/C21H25N5S/c1-2-26-11-8-15(9-12-26)23-20-18-16-6-3-7-17(16)27-21(18)25-19(24-20)14-5-4-10-22-13-14/h4-5,10,13,15H,2-3,6-9,11-12H2,1H3,(H,23,24,25)/p+1. The van der Waals surface area contributed by atoms with Gasteiger partial charge in [0.1, 0.15) is 10.6 Å². The summed E-state index contributed by atoms with van der Waals surface area (Å²) in [5, 5.41) is 5.10. The Morgan fingerprint density at radius 3 is 2.89 bits per heavy atom. The smallest absolute Gasteiger partial charge is 0.164 e. The Morgan fingerprint density at radius 1 is 1.22 bits per heavy atom. The maximum absolute atomic E-state index is 4.99. The molecule has 0 bridgehead atoms. The van der Waals surface area contributed by atoms with E-state index in [2.05, 4.69) is 17.2 Å². The second-order valence-electron chi connectivity index (χ2n) is 7.70. The van der Waals surface area contributed by atoms with Crippen molar-refractivity contribution in [1.82, 2.24) is 15.0 Å². The zero-order valence-electron chi connectivity index (χ0n) is 15.8. The van der Waals surface area contributed by atoms with Gasteiger partial charge in [0.25, 0.3) is 0 Å². The van der Waals surface area contributed by atoms with E-state index in [0.717, 1.165) is 28.5 Å². The summed E-state index contributed by atoms with van der Waals surface area (Å²) < 4.78 is 0. The molecule has 27 heavy (non-hydrogen) atoms.